The molecule has 0 aliphatic rings. The van der Waals surface area contributed by atoms with Crippen molar-refractivity contribution in [1.82, 2.24) is 0 Å². The third-order valence-electron chi connectivity index (χ3n) is 1.19. The van der Waals surface area contributed by atoms with E-state index in [-0.39, 0.29) is 16.4 Å². The van der Waals surface area contributed by atoms with Gasteiger partial charge in [-0.15, -0.1) is 0 Å². The fourth-order valence-corrected chi connectivity index (χ4v) is 1.09. The van der Waals surface area contributed by atoms with Crippen molar-refractivity contribution in [2.24, 2.45) is 0 Å². The fourth-order valence-electron chi connectivity index (χ4n) is 0.265. The monoisotopic (exact) mass is 266 g/mol. The molecule has 0 radical (unpaired) electrons. The summed E-state index contributed by atoms with van der Waals surface area (Å²) in [5, 5.41) is 51.5. The summed E-state index contributed by atoms with van der Waals surface area (Å²) in [6.07, 6.45) is 0. The average Bonchev–Trinajstić information content (AvgIpc) is 2.26. The topological polar surface area (TPSA) is 237 Å². The smallest absolute Gasteiger partial charge is 0.412 e. The normalized spacial score (nSPS) is 10.9. The SMILES string of the molecule is N#[C][Fe-4]([C]#N)([C]#N)([C]#N)([C]#N)[C]#N.O.O.O. The molecule has 0 aromatic heterocycles. The van der Waals surface area contributed by atoms with Gasteiger partial charge in [-0.05, 0) is 0 Å². The van der Waals surface area contributed by atoms with Crippen LogP contribution in [0.3, 0.4) is 0 Å². The number of hydrogen-bond donors (Lipinski definition) is 0. The molecular weight excluding hydrogens is 260 g/mol. The third kappa shape index (κ3) is 1.62. The van der Waals surface area contributed by atoms with Crippen LogP contribution in [-0.4, -0.2) is 16.4 Å². The molecule has 0 atom stereocenters. The molecule has 10 heteroatoms. The van der Waals surface area contributed by atoms with Crippen LogP contribution in [0.4, 0.5) is 0 Å². The zero-order valence-electron chi connectivity index (χ0n) is 7.54. The summed E-state index contributed by atoms with van der Waals surface area (Å²) in [6, 6.07) is 0. The largest absolute Gasteiger partial charge is 0.412 e. The van der Waals surface area contributed by atoms with Gasteiger partial charge in [-0.2, -0.15) is 0 Å². The van der Waals surface area contributed by atoms with E-state index in [2.05, 4.69) is 0 Å². The number of nitrogens with zero attached hydrogens (tertiary/aromatic N) is 6. The molecule has 0 unspecified atom stereocenters. The van der Waals surface area contributed by atoms with Gasteiger partial charge in [0.2, 0.25) is 0 Å². The van der Waals surface area contributed by atoms with Crippen LogP contribution < -0.4 is 0 Å². The van der Waals surface area contributed by atoms with Crippen LogP contribution in [0.15, 0.2) is 0 Å². The first-order valence-corrected chi connectivity index (χ1v) is 5.71. The Morgan fingerprint density at radius 1 is 0.438 bits per heavy atom. The van der Waals surface area contributed by atoms with E-state index in [4.69, 9.17) is 31.6 Å². The Morgan fingerprint density at radius 2 is 0.562 bits per heavy atom. The van der Waals surface area contributed by atoms with E-state index in [0.717, 1.165) is 29.8 Å². The molecule has 0 fully saturated rings. The van der Waals surface area contributed by atoms with Crippen LogP contribution in [-0.2, 0) is 10.7 Å². The summed E-state index contributed by atoms with van der Waals surface area (Å²) >= 11 is 0. The number of hydrogen-bond acceptors (Lipinski definition) is 6. The Balaban J connectivity index is -0.000000240. The zero-order chi connectivity index (χ0) is 10.7. The molecule has 6 N–H and O–H groups in total. The number of rotatable bonds is 0. The molecule has 90 valence electrons. The van der Waals surface area contributed by atoms with E-state index in [0.29, 0.717) is 0 Å². The molecule has 0 saturated heterocycles. The third-order valence-corrected chi connectivity index (χ3v) is 4.89. The van der Waals surface area contributed by atoms with Crippen molar-refractivity contribution in [1.29, 1.82) is 31.6 Å². The van der Waals surface area contributed by atoms with E-state index in [1.165, 1.54) is 0 Å². The van der Waals surface area contributed by atoms with Gasteiger partial charge in [0.05, 0.1) is 0 Å². The van der Waals surface area contributed by atoms with Gasteiger partial charge in [0.25, 0.3) is 0 Å². The maximum absolute atomic E-state index is 8.58. The van der Waals surface area contributed by atoms with Crippen molar-refractivity contribution < 1.29 is 27.2 Å². The molecule has 9 nitrogen and oxygen atoms in total. The molecule has 0 rings (SSSR count). The average molecular weight is 266 g/mol. The van der Waals surface area contributed by atoms with Crippen LogP contribution in [0.5, 0.6) is 0 Å². The molecule has 16 heavy (non-hydrogen) atoms. The van der Waals surface area contributed by atoms with E-state index >= 15 is 0 Å². The Labute approximate surface area is 89.0 Å². The second-order valence-corrected chi connectivity index (χ2v) is 7.42. The molecule has 0 aromatic rings. The minimum Gasteiger partial charge on any atom is -0.412 e. The number of nitriles is 6. The van der Waals surface area contributed by atoms with Crippen LogP contribution in [0.25, 0.3) is 0 Å². The van der Waals surface area contributed by atoms with Crippen LogP contribution in [0, 0.1) is 61.4 Å². The summed E-state index contributed by atoms with van der Waals surface area (Å²) in [7, 11) is -6.17. The predicted molar refractivity (Wildman–Crippen MR) is 44.5 cm³/mol. The molecule has 0 saturated carbocycles. The summed E-state index contributed by atoms with van der Waals surface area (Å²) in [5.74, 6) is 0. The molecule has 0 bridgehead atoms. The quantitative estimate of drug-likeness (QED) is 0.433. The minimum absolute atomic E-state index is 0. The zero-order valence-corrected chi connectivity index (χ0v) is 8.64. The summed E-state index contributed by atoms with van der Waals surface area (Å²) in [4.78, 5) is 6.19. The molecule has 0 heterocycles. The molecule has 0 aliphatic heterocycles. The Kier molecular flexibility index (Phi) is 6.87. The maximum Gasteiger partial charge on any atom is -0.412 e. The van der Waals surface area contributed by atoms with E-state index < -0.39 is 10.7 Å². The van der Waals surface area contributed by atoms with E-state index in [1.54, 1.807) is 0 Å². The van der Waals surface area contributed by atoms with Crippen LogP contribution in [0.1, 0.15) is 0 Å². The van der Waals surface area contributed by atoms with Crippen molar-refractivity contribution >= 4 is 0 Å². The Morgan fingerprint density at radius 3 is 0.562 bits per heavy atom. The minimum atomic E-state index is -6.17. The van der Waals surface area contributed by atoms with Gasteiger partial charge in [0.15, 0.2) is 0 Å². The van der Waals surface area contributed by atoms with Gasteiger partial charge < -0.3 is 16.4 Å². The van der Waals surface area contributed by atoms with Crippen molar-refractivity contribution in [2.75, 3.05) is 0 Å². The first-order valence-electron chi connectivity index (χ1n) is 2.40. The summed E-state index contributed by atoms with van der Waals surface area (Å²) in [5.41, 5.74) is 0. The first kappa shape index (κ1) is 23.3. The second kappa shape index (κ2) is 4.72. The second-order valence-electron chi connectivity index (χ2n) is 1.80. The molecule has 0 amide bonds. The standard InChI is InChI=1S/6CN.Fe.3H2O/c6*1-2;;;;/h;;;;;;;3*1H2/q;;;;;;-4;;;. The van der Waals surface area contributed by atoms with Crippen molar-refractivity contribution in [3.8, 4) is 29.8 Å². The van der Waals surface area contributed by atoms with Gasteiger partial charge in [0, 0.05) is 0 Å². The molecule has 0 spiro atoms. The maximum atomic E-state index is 8.58. The van der Waals surface area contributed by atoms with Gasteiger partial charge in [-0.3, -0.25) is 0 Å². The Bertz CT molecular complexity index is 398. The predicted octanol–water partition coefficient (Wildman–Crippen LogP) is -2.38. The fraction of sp³-hybridized carbons (Fsp3) is 0. The Hall–Kier alpha value is -2.66. The molecule has 0 aromatic carbocycles. The van der Waals surface area contributed by atoms with Gasteiger partial charge in [0.1, 0.15) is 0 Å². The van der Waals surface area contributed by atoms with Crippen molar-refractivity contribution in [3.63, 3.8) is 0 Å². The van der Waals surface area contributed by atoms with Crippen LogP contribution >= 0.6 is 0 Å². The summed E-state index contributed by atoms with van der Waals surface area (Å²) in [6.45, 7) is 0. The van der Waals surface area contributed by atoms with E-state index in [9.17, 15) is 0 Å². The first-order chi connectivity index (χ1) is 5.97. The van der Waals surface area contributed by atoms with Gasteiger partial charge in [-0.25, -0.2) is 0 Å². The molecule has 0 aliphatic carbocycles. The van der Waals surface area contributed by atoms with Gasteiger partial charge >= 0.3 is 72.1 Å². The van der Waals surface area contributed by atoms with Gasteiger partial charge in [-0.1, -0.05) is 0 Å². The van der Waals surface area contributed by atoms with Crippen molar-refractivity contribution in [2.45, 2.75) is 0 Å². The molecular formula is C6H6FeN6O3-4. The van der Waals surface area contributed by atoms with Crippen LogP contribution in [0.2, 0.25) is 0 Å². The summed E-state index contributed by atoms with van der Waals surface area (Å²) < 4.78 is 0. The van der Waals surface area contributed by atoms with E-state index in [1.807, 2.05) is 0 Å². The van der Waals surface area contributed by atoms with Crippen molar-refractivity contribution in [3.05, 3.63) is 0 Å².